The van der Waals surface area contributed by atoms with Gasteiger partial charge in [-0.2, -0.15) is 0 Å². The topological polar surface area (TPSA) is 106 Å². The van der Waals surface area contributed by atoms with Crippen LogP contribution in [-0.4, -0.2) is 25.5 Å². The lowest BCUT2D eigenvalue weighted by Crippen LogP contribution is -2.11. The molecule has 0 atom stereocenters. The minimum atomic E-state index is -0.442. The van der Waals surface area contributed by atoms with E-state index < -0.39 is 5.91 Å². The molecule has 0 unspecified atom stereocenters. The third-order valence-corrected chi connectivity index (χ3v) is 4.90. The molecule has 0 aliphatic carbocycles. The third-order valence-electron chi connectivity index (χ3n) is 4.90. The van der Waals surface area contributed by atoms with Crippen LogP contribution in [0.3, 0.4) is 0 Å². The number of amides is 2. The number of nitrogens with one attached hydrogen (secondary N) is 2. The lowest BCUT2D eigenvalue weighted by atomic mass is 10.1. The van der Waals surface area contributed by atoms with Gasteiger partial charge in [0.25, 0.3) is 5.91 Å². The molecule has 8 heteroatoms. The van der Waals surface area contributed by atoms with Crippen LogP contribution in [0, 0.1) is 5.92 Å². The number of hydrogen-bond donors (Lipinski definition) is 2. The fraction of sp³-hybridized carbons (Fsp3) is 0.231. The summed E-state index contributed by atoms with van der Waals surface area (Å²) in [7, 11) is 1.58. The van der Waals surface area contributed by atoms with E-state index in [4.69, 9.17) is 4.74 Å². The summed E-state index contributed by atoms with van der Waals surface area (Å²) in [5.41, 5.74) is 3.18. The first-order chi connectivity index (χ1) is 16.4. The van der Waals surface area contributed by atoms with Gasteiger partial charge < -0.3 is 15.4 Å². The number of nitrogens with zero attached hydrogens (tertiary/aromatic N) is 3. The van der Waals surface area contributed by atoms with Gasteiger partial charge in [-0.15, -0.1) is 0 Å². The zero-order valence-corrected chi connectivity index (χ0v) is 19.5. The standard InChI is InChI=1S/C26H27N5O3/c1-18(2)15-16-27-31-30-26(33)20-7-11-21(12-8-20)28-22-5-4-6-23(17-22)29-25(32)19-9-13-24(34-3)14-10-19/h4-14,17-18H,15-16H2,1-3H3,(H-,28,29,32,33)/p+1. The molecular weight excluding hydrogens is 430 g/mol. The Morgan fingerprint density at radius 3 is 2.26 bits per heavy atom. The maximum Gasteiger partial charge on any atom is 0.360 e. The number of carbonyl (C=O) groups is 2. The molecular formula is C26H28N5O3+. The number of carbonyl (C=O) groups excluding carboxylic acids is 2. The van der Waals surface area contributed by atoms with Gasteiger partial charge in [0.1, 0.15) is 17.4 Å². The van der Waals surface area contributed by atoms with Gasteiger partial charge in [-0.25, -0.2) is 0 Å². The first-order valence-corrected chi connectivity index (χ1v) is 11.0. The average molecular weight is 459 g/mol. The Balaban J connectivity index is 1.59. The molecule has 3 aromatic rings. The lowest BCUT2D eigenvalue weighted by molar-refractivity contribution is 0.0990. The van der Waals surface area contributed by atoms with Crippen LogP contribution in [0.25, 0.3) is 0 Å². The molecule has 0 saturated heterocycles. The van der Waals surface area contributed by atoms with Gasteiger partial charge in [-0.3, -0.25) is 9.59 Å². The fourth-order valence-electron chi connectivity index (χ4n) is 2.97. The molecule has 0 spiro atoms. The van der Waals surface area contributed by atoms with Crippen LogP contribution < -0.4 is 20.3 Å². The van der Waals surface area contributed by atoms with Crippen molar-refractivity contribution in [3.63, 3.8) is 0 Å². The van der Waals surface area contributed by atoms with E-state index in [1.54, 1.807) is 55.6 Å². The molecule has 0 radical (unpaired) electrons. The van der Waals surface area contributed by atoms with Gasteiger partial charge in [0, 0.05) is 28.2 Å². The van der Waals surface area contributed by atoms with E-state index in [2.05, 4.69) is 39.6 Å². The minimum absolute atomic E-state index is 0.215. The first-order valence-electron chi connectivity index (χ1n) is 11.0. The van der Waals surface area contributed by atoms with Crippen molar-refractivity contribution in [2.75, 3.05) is 24.3 Å². The summed E-state index contributed by atoms with van der Waals surface area (Å²) in [6, 6.07) is 21.2. The van der Waals surface area contributed by atoms with Gasteiger partial charge >= 0.3 is 5.91 Å². The van der Waals surface area contributed by atoms with Crippen molar-refractivity contribution >= 4 is 28.9 Å². The van der Waals surface area contributed by atoms with Crippen molar-refractivity contribution < 1.29 is 14.3 Å². The molecule has 3 rings (SSSR count). The van der Waals surface area contributed by atoms with Crippen molar-refractivity contribution in [3.8, 4) is 5.75 Å². The van der Waals surface area contributed by atoms with Crippen LogP contribution in [0.5, 0.6) is 5.75 Å². The van der Waals surface area contributed by atoms with E-state index in [9.17, 15) is 9.59 Å². The molecule has 0 fully saturated rings. The highest BCUT2D eigenvalue weighted by Crippen LogP contribution is 2.21. The molecule has 0 aromatic heterocycles. The Labute approximate surface area is 198 Å². The number of rotatable bonds is 9. The van der Waals surface area contributed by atoms with Gasteiger partial charge in [0.2, 0.25) is 10.0 Å². The maximum absolute atomic E-state index is 12.5. The quantitative estimate of drug-likeness (QED) is 0.310. The summed E-state index contributed by atoms with van der Waals surface area (Å²) in [5.74, 6) is 0.561. The van der Waals surface area contributed by atoms with Crippen LogP contribution in [0.4, 0.5) is 17.1 Å². The Bertz CT molecular complexity index is 1180. The predicted molar refractivity (Wildman–Crippen MR) is 133 cm³/mol. The second-order valence-electron chi connectivity index (χ2n) is 8.01. The van der Waals surface area contributed by atoms with Crippen molar-refractivity contribution in [3.05, 3.63) is 83.9 Å². The van der Waals surface area contributed by atoms with Gasteiger partial charge in [0.05, 0.1) is 7.11 Å². The molecule has 8 nitrogen and oxygen atoms in total. The van der Waals surface area contributed by atoms with E-state index in [1.165, 1.54) is 0 Å². The SMILES string of the molecule is COc1ccc(C(=O)Nc2cccc(Nc3ccc(C(=O)N=[N+]=NCCC(C)C)cc3)c2)cc1. The zero-order valence-electron chi connectivity index (χ0n) is 19.5. The largest absolute Gasteiger partial charge is 0.497 e. The molecule has 0 bridgehead atoms. The van der Waals surface area contributed by atoms with Crippen molar-refractivity contribution in [1.29, 1.82) is 0 Å². The molecule has 0 saturated carbocycles. The summed E-state index contributed by atoms with van der Waals surface area (Å²) in [5, 5.41) is 13.7. The van der Waals surface area contributed by atoms with Crippen LogP contribution in [0.1, 0.15) is 41.0 Å². The zero-order chi connectivity index (χ0) is 24.3. The summed E-state index contributed by atoms with van der Waals surface area (Å²) in [6.07, 6.45) is 0.903. The average Bonchev–Trinajstić information content (AvgIpc) is 2.84. The van der Waals surface area contributed by atoms with Crippen molar-refractivity contribution in [2.45, 2.75) is 20.3 Å². The normalized spacial score (nSPS) is 10.2. The summed E-state index contributed by atoms with van der Waals surface area (Å²) >= 11 is 0. The van der Waals surface area contributed by atoms with Crippen molar-refractivity contribution in [1.82, 2.24) is 4.91 Å². The van der Waals surface area contributed by atoms with E-state index in [0.29, 0.717) is 35.0 Å². The predicted octanol–water partition coefficient (Wildman–Crippen LogP) is 5.85. The van der Waals surface area contributed by atoms with Crippen LogP contribution >= 0.6 is 0 Å². The monoisotopic (exact) mass is 458 g/mol. The number of methoxy groups -OCH3 is 1. The van der Waals surface area contributed by atoms with E-state index in [-0.39, 0.29) is 5.91 Å². The third kappa shape index (κ3) is 7.39. The van der Waals surface area contributed by atoms with Crippen LogP contribution in [-0.2, 0) is 0 Å². The number of benzene rings is 3. The highest BCUT2D eigenvalue weighted by atomic mass is 16.5. The Kier molecular flexibility index (Phi) is 8.66. The smallest absolute Gasteiger partial charge is 0.360 e. The van der Waals surface area contributed by atoms with E-state index >= 15 is 0 Å². The van der Waals surface area contributed by atoms with Crippen LogP contribution in [0.2, 0.25) is 0 Å². The Hall–Kier alpha value is -4.29. The van der Waals surface area contributed by atoms with Gasteiger partial charge in [-0.05, 0) is 79.1 Å². The molecule has 0 aliphatic heterocycles. The summed E-state index contributed by atoms with van der Waals surface area (Å²) in [6.45, 7) is 4.75. The molecule has 34 heavy (non-hydrogen) atoms. The Morgan fingerprint density at radius 2 is 1.59 bits per heavy atom. The second kappa shape index (κ2) is 12.1. The van der Waals surface area contributed by atoms with Crippen LogP contribution in [0.15, 0.2) is 83.0 Å². The lowest BCUT2D eigenvalue weighted by Gasteiger charge is -2.10. The molecule has 0 aliphatic rings. The van der Waals surface area contributed by atoms with Gasteiger partial charge in [0.15, 0.2) is 0 Å². The number of anilines is 3. The summed E-state index contributed by atoms with van der Waals surface area (Å²) < 4.78 is 5.12. The summed E-state index contributed by atoms with van der Waals surface area (Å²) in [4.78, 5) is 28.2. The van der Waals surface area contributed by atoms with Gasteiger partial charge in [-0.1, -0.05) is 19.9 Å². The first kappa shape index (κ1) is 24.4. The van der Waals surface area contributed by atoms with Crippen molar-refractivity contribution in [2.24, 2.45) is 16.1 Å². The Morgan fingerprint density at radius 1 is 0.912 bits per heavy atom. The number of hydrogen-bond acceptors (Lipinski definition) is 5. The minimum Gasteiger partial charge on any atom is -0.497 e. The molecule has 2 amide bonds. The molecule has 2 N–H and O–H groups in total. The van der Waals surface area contributed by atoms with E-state index in [0.717, 1.165) is 17.8 Å². The highest BCUT2D eigenvalue weighted by molar-refractivity contribution is 6.04. The molecule has 3 aromatic carbocycles. The second-order valence-corrected chi connectivity index (χ2v) is 8.01. The molecule has 174 valence electrons. The molecule has 0 heterocycles. The maximum atomic E-state index is 12.5. The highest BCUT2D eigenvalue weighted by Gasteiger charge is 2.10. The fourth-order valence-corrected chi connectivity index (χ4v) is 2.97. The number of ether oxygens (including phenoxy) is 1. The van der Waals surface area contributed by atoms with E-state index in [1.807, 2.05) is 24.3 Å².